The number of carbonyl (C=O) groups excluding carboxylic acids is 2. The topological polar surface area (TPSA) is 96.5 Å². The maximum atomic E-state index is 11.8. The molecule has 2 aromatic heterocycles. The summed E-state index contributed by atoms with van der Waals surface area (Å²) in [7, 11) is 0. The van der Waals surface area contributed by atoms with Gasteiger partial charge in [-0.15, -0.1) is 0 Å². The number of hydrogen-bond donors (Lipinski definition) is 3. The van der Waals surface area contributed by atoms with E-state index in [1.54, 1.807) is 24.3 Å². The van der Waals surface area contributed by atoms with Gasteiger partial charge in [-0.3, -0.25) is 9.59 Å². The van der Waals surface area contributed by atoms with Crippen LogP contribution in [0.1, 0.15) is 51.9 Å². The van der Waals surface area contributed by atoms with Crippen LogP contribution in [0.25, 0.3) is 0 Å². The van der Waals surface area contributed by atoms with E-state index in [1.165, 1.54) is 0 Å². The first-order valence-corrected chi connectivity index (χ1v) is 8.96. The summed E-state index contributed by atoms with van der Waals surface area (Å²) in [6.07, 6.45) is 2.71. The van der Waals surface area contributed by atoms with Crippen molar-refractivity contribution in [2.24, 2.45) is 0 Å². The van der Waals surface area contributed by atoms with Crippen molar-refractivity contribution in [3.05, 3.63) is 47.3 Å². The molecule has 0 aromatic carbocycles. The van der Waals surface area contributed by atoms with E-state index in [0.717, 1.165) is 43.9 Å². The Bertz CT molecular complexity index is 645. The molecule has 26 heavy (non-hydrogen) atoms. The highest BCUT2D eigenvalue weighted by Gasteiger charge is 2.09. The first-order valence-electron chi connectivity index (χ1n) is 8.96. The Balaban J connectivity index is 1.41. The molecule has 0 atom stereocenters. The van der Waals surface area contributed by atoms with Gasteiger partial charge in [0.1, 0.15) is 11.5 Å². The lowest BCUT2D eigenvalue weighted by atomic mass is 10.3. The van der Waals surface area contributed by atoms with Gasteiger partial charge in [-0.1, -0.05) is 0 Å². The van der Waals surface area contributed by atoms with E-state index in [0.29, 0.717) is 24.6 Å². The molecular formula is C19H27N3O4. The van der Waals surface area contributed by atoms with Gasteiger partial charge in [0.15, 0.2) is 11.5 Å². The second-order valence-corrected chi connectivity index (χ2v) is 6.14. The van der Waals surface area contributed by atoms with Crippen molar-refractivity contribution in [3.63, 3.8) is 0 Å². The van der Waals surface area contributed by atoms with E-state index >= 15 is 0 Å². The zero-order valence-corrected chi connectivity index (χ0v) is 15.4. The van der Waals surface area contributed by atoms with E-state index in [2.05, 4.69) is 16.0 Å². The van der Waals surface area contributed by atoms with E-state index < -0.39 is 0 Å². The minimum absolute atomic E-state index is 0.173. The number of aryl methyl sites for hydroxylation is 2. The van der Waals surface area contributed by atoms with E-state index in [4.69, 9.17) is 8.83 Å². The molecule has 142 valence electrons. The van der Waals surface area contributed by atoms with Crippen LogP contribution in [0, 0.1) is 13.8 Å². The Labute approximate surface area is 153 Å². The summed E-state index contributed by atoms with van der Waals surface area (Å²) in [5.41, 5.74) is 0. The lowest BCUT2D eigenvalue weighted by Crippen LogP contribution is -2.28. The van der Waals surface area contributed by atoms with E-state index in [9.17, 15) is 9.59 Å². The summed E-state index contributed by atoms with van der Waals surface area (Å²) in [6, 6.07) is 6.90. The second kappa shape index (κ2) is 10.5. The number of rotatable bonds is 11. The van der Waals surface area contributed by atoms with Crippen molar-refractivity contribution in [3.8, 4) is 0 Å². The Kier molecular flexibility index (Phi) is 7.95. The molecule has 0 bridgehead atoms. The molecular weight excluding hydrogens is 334 g/mol. The standard InChI is InChI=1S/C19H27N3O4/c1-14-6-8-16(25-14)18(23)21-12-4-3-10-20-11-5-13-22-19(24)17-9-7-15(2)26-17/h6-9,20H,3-5,10-13H2,1-2H3,(H,21,23)(H,22,24). The van der Waals surface area contributed by atoms with Crippen LogP contribution in [0.3, 0.4) is 0 Å². The average Bonchev–Trinajstić information content (AvgIpc) is 3.24. The van der Waals surface area contributed by atoms with Crippen molar-refractivity contribution in [1.29, 1.82) is 0 Å². The molecule has 7 nitrogen and oxygen atoms in total. The Morgan fingerprint density at radius 1 is 0.731 bits per heavy atom. The highest BCUT2D eigenvalue weighted by Crippen LogP contribution is 2.06. The zero-order valence-electron chi connectivity index (χ0n) is 15.4. The van der Waals surface area contributed by atoms with Crippen LogP contribution < -0.4 is 16.0 Å². The fraction of sp³-hybridized carbons (Fsp3) is 0.474. The predicted octanol–water partition coefficient (Wildman–Crippen LogP) is 2.41. The largest absolute Gasteiger partial charge is 0.456 e. The molecule has 3 N–H and O–H groups in total. The fourth-order valence-electron chi connectivity index (χ4n) is 2.40. The molecule has 0 saturated heterocycles. The number of hydrogen-bond acceptors (Lipinski definition) is 5. The highest BCUT2D eigenvalue weighted by molar-refractivity contribution is 5.91. The van der Waals surface area contributed by atoms with Gasteiger partial charge in [0.25, 0.3) is 11.8 Å². The minimum atomic E-state index is -0.180. The number of carbonyl (C=O) groups is 2. The monoisotopic (exact) mass is 361 g/mol. The number of amides is 2. The van der Waals surface area contributed by atoms with Gasteiger partial charge in [0.05, 0.1) is 0 Å². The molecule has 7 heteroatoms. The zero-order chi connectivity index (χ0) is 18.8. The normalized spacial score (nSPS) is 10.7. The molecule has 0 aliphatic heterocycles. The molecule has 0 saturated carbocycles. The molecule has 0 fully saturated rings. The Morgan fingerprint density at radius 3 is 1.69 bits per heavy atom. The SMILES string of the molecule is Cc1ccc(C(=O)NCCCCNCCCNC(=O)c2ccc(C)o2)o1. The third-order valence-corrected chi connectivity index (χ3v) is 3.81. The molecule has 2 amide bonds. The Hall–Kier alpha value is -2.54. The molecule has 0 aliphatic rings. The molecule has 2 heterocycles. The van der Waals surface area contributed by atoms with Crippen LogP contribution in [0.2, 0.25) is 0 Å². The van der Waals surface area contributed by atoms with Gasteiger partial charge >= 0.3 is 0 Å². The van der Waals surface area contributed by atoms with Gasteiger partial charge in [-0.05, 0) is 70.5 Å². The summed E-state index contributed by atoms with van der Waals surface area (Å²) < 4.78 is 10.5. The fourth-order valence-corrected chi connectivity index (χ4v) is 2.40. The molecule has 2 aromatic rings. The van der Waals surface area contributed by atoms with Crippen LogP contribution >= 0.6 is 0 Å². The molecule has 0 aliphatic carbocycles. The lowest BCUT2D eigenvalue weighted by molar-refractivity contribution is 0.0916. The van der Waals surface area contributed by atoms with Crippen molar-refractivity contribution in [1.82, 2.24) is 16.0 Å². The van der Waals surface area contributed by atoms with Gasteiger partial charge in [-0.25, -0.2) is 0 Å². The van der Waals surface area contributed by atoms with Gasteiger partial charge in [0, 0.05) is 13.1 Å². The number of furan rings is 2. The first kappa shape index (κ1) is 19.8. The quantitative estimate of drug-likeness (QED) is 0.534. The first-order chi connectivity index (χ1) is 12.6. The van der Waals surface area contributed by atoms with Crippen molar-refractivity contribution in [2.45, 2.75) is 33.1 Å². The van der Waals surface area contributed by atoms with Crippen LogP contribution in [0.5, 0.6) is 0 Å². The van der Waals surface area contributed by atoms with Gasteiger partial charge in [0.2, 0.25) is 0 Å². The van der Waals surface area contributed by atoms with Crippen molar-refractivity contribution >= 4 is 11.8 Å². The van der Waals surface area contributed by atoms with Crippen molar-refractivity contribution < 1.29 is 18.4 Å². The van der Waals surface area contributed by atoms with Crippen molar-refractivity contribution in [2.75, 3.05) is 26.2 Å². The van der Waals surface area contributed by atoms with Gasteiger partial charge in [-0.2, -0.15) is 0 Å². The third kappa shape index (κ3) is 6.76. The minimum Gasteiger partial charge on any atom is -0.456 e. The third-order valence-electron chi connectivity index (χ3n) is 3.81. The van der Waals surface area contributed by atoms with Crippen LogP contribution in [0.15, 0.2) is 33.1 Å². The highest BCUT2D eigenvalue weighted by atomic mass is 16.4. The maximum Gasteiger partial charge on any atom is 0.286 e. The Morgan fingerprint density at radius 2 is 1.19 bits per heavy atom. The second-order valence-electron chi connectivity index (χ2n) is 6.14. The maximum absolute atomic E-state index is 11.8. The molecule has 0 spiro atoms. The van der Waals surface area contributed by atoms with Crippen LogP contribution in [-0.2, 0) is 0 Å². The number of unbranched alkanes of at least 4 members (excludes halogenated alkanes) is 1. The predicted molar refractivity (Wildman–Crippen MR) is 98.3 cm³/mol. The smallest absolute Gasteiger partial charge is 0.286 e. The molecule has 0 radical (unpaired) electrons. The van der Waals surface area contributed by atoms with Gasteiger partial charge < -0.3 is 24.8 Å². The van der Waals surface area contributed by atoms with E-state index in [-0.39, 0.29) is 11.8 Å². The van der Waals surface area contributed by atoms with Crippen LogP contribution in [0.4, 0.5) is 0 Å². The average molecular weight is 361 g/mol. The van der Waals surface area contributed by atoms with Crippen LogP contribution in [-0.4, -0.2) is 38.0 Å². The van der Waals surface area contributed by atoms with E-state index in [1.807, 2.05) is 13.8 Å². The molecule has 2 rings (SSSR count). The summed E-state index contributed by atoms with van der Waals surface area (Å²) >= 11 is 0. The summed E-state index contributed by atoms with van der Waals surface area (Å²) in [5, 5.41) is 8.98. The summed E-state index contributed by atoms with van der Waals surface area (Å²) in [4.78, 5) is 23.5. The summed E-state index contributed by atoms with van der Waals surface area (Å²) in [6.45, 7) is 6.55. The number of nitrogens with one attached hydrogen (secondary N) is 3. The molecule has 0 unspecified atom stereocenters. The summed E-state index contributed by atoms with van der Waals surface area (Å²) in [5.74, 6) is 1.81. The lowest BCUT2D eigenvalue weighted by Gasteiger charge is -2.06.